The van der Waals surface area contributed by atoms with Crippen LogP contribution in [0.1, 0.15) is 105 Å². The number of methoxy groups -OCH3 is 1. The lowest BCUT2D eigenvalue weighted by molar-refractivity contribution is -0.117. The number of carbonyl (C=O) groups is 2. The predicted octanol–water partition coefficient (Wildman–Crippen LogP) is 8.70. The Morgan fingerprint density at radius 1 is 1.11 bits per heavy atom. The van der Waals surface area contributed by atoms with E-state index in [1.807, 2.05) is 17.0 Å². The van der Waals surface area contributed by atoms with Crippen molar-refractivity contribution in [1.82, 2.24) is 0 Å². The van der Waals surface area contributed by atoms with Gasteiger partial charge in [0, 0.05) is 23.0 Å². The molecular formula is C31H47NO4SSi. The maximum absolute atomic E-state index is 12.9. The second-order valence-electron chi connectivity index (χ2n) is 12.1. The molecule has 0 radical (unpaired) electrons. The van der Waals surface area contributed by atoms with Gasteiger partial charge in [0.25, 0.3) is 0 Å². The molecule has 2 aromatic rings. The van der Waals surface area contributed by atoms with E-state index in [4.69, 9.17) is 9.16 Å². The summed E-state index contributed by atoms with van der Waals surface area (Å²) in [6, 6.07) is 12.7. The molecule has 0 spiro atoms. The molecule has 1 aliphatic heterocycles. The normalized spacial score (nSPS) is 17.2. The molecule has 5 nitrogen and oxygen atoms in total. The van der Waals surface area contributed by atoms with E-state index in [0.29, 0.717) is 11.3 Å². The summed E-state index contributed by atoms with van der Waals surface area (Å²) in [5, 5.41) is 0.162. The van der Waals surface area contributed by atoms with Gasteiger partial charge in [0.1, 0.15) is 4.88 Å². The minimum Gasteiger partial charge on any atom is -0.465 e. The van der Waals surface area contributed by atoms with Crippen LogP contribution in [-0.2, 0) is 20.4 Å². The predicted molar refractivity (Wildman–Crippen MR) is 161 cm³/mol. The number of nitrogens with zero attached hydrogens (tertiary/aromatic N) is 1. The largest absolute Gasteiger partial charge is 0.465 e. The first-order valence-electron chi connectivity index (χ1n) is 14.2. The number of benzene rings is 1. The molecule has 38 heavy (non-hydrogen) atoms. The monoisotopic (exact) mass is 557 g/mol. The Bertz CT molecular complexity index is 1060. The van der Waals surface area contributed by atoms with Gasteiger partial charge in [-0.2, -0.15) is 0 Å². The lowest BCUT2D eigenvalue weighted by Gasteiger charge is -2.39. The molecule has 1 aromatic carbocycles. The van der Waals surface area contributed by atoms with Crippen LogP contribution in [-0.4, -0.2) is 33.3 Å². The van der Waals surface area contributed by atoms with Gasteiger partial charge in [0.2, 0.25) is 5.91 Å². The molecule has 1 fully saturated rings. The molecule has 1 saturated heterocycles. The Morgan fingerprint density at radius 3 is 2.45 bits per heavy atom. The highest BCUT2D eigenvalue weighted by Gasteiger charge is 2.39. The number of rotatable bonds is 13. The summed E-state index contributed by atoms with van der Waals surface area (Å²) in [5.74, 6) is -0.0663. The van der Waals surface area contributed by atoms with E-state index in [0.717, 1.165) is 44.2 Å². The van der Waals surface area contributed by atoms with E-state index in [1.165, 1.54) is 41.7 Å². The molecule has 2 heterocycles. The molecule has 1 amide bonds. The number of amides is 1. The van der Waals surface area contributed by atoms with Crippen LogP contribution in [0.4, 0.5) is 5.69 Å². The van der Waals surface area contributed by atoms with Crippen molar-refractivity contribution in [2.45, 2.75) is 116 Å². The van der Waals surface area contributed by atoms with Crippen LogP contribution in [0.15, 0.2) is 36.4 Å². The zero-order chi connectivity index (χ0) is 27.9. The molecule has 0 bridgehead atoms. The summed E-state index contributed by atoms with van der Waals surface area (Å²) in [5.41, 5.74) is 2.21. The third kappa shape index (κ3) is 7.79. The van der Waals surface area contributed by atoms with Gasteiger partial charge in [0.05, 0.1) is 13.2 Å². The minimum atomic E-state index is -1.91. The van der Waals surface area contributed by atoms with Crippen LogP contribution in [0, 0.1) is 0 Å². The lowest BCUT2D eigenvalue weighted by atomic mass is 10.0. The van der Waals surface area contributed by atoms with Crippen molar-refractivity contribution in [3.05, 3.63) is 51.7 Å². The summed E-state index contributed by atoms with van der Waals surface area (Å²) in [4.78, 5) is 28.4. The fourth-order valence-corrected chi connectivity index (χ4v) is 7.15. The Balaban J connectivity index is 1.67. The molecule has 210 valence electrons. The summed E-state index contributed by atoms with van der Waals surface area (Å²) in [6.07, 6.45) is 9.05. The number of carbonyl (C=O) groups excluding carboxylic acids is 2. The van der Waals surface area contributed by atoms with Crippen molar-refractivity contribution in [2.75, 3.05) is 12.0 Å². The van der Waals surface area contributed by atoms with Gasteiger partial charge in [-0.25, -0.2) is 4.79 Å². The number of aryl methyl sites for hydroxylation is 1. The highest BCUT2D eigenvalue weighted by molar-refractivity contribution is 7.13. The fraction of sp³-hybridized carbons (Fsp3) is 0.613. The van der Waals surface area contributed by atoms with E-state index in [9.17, 15) is 9.59 Å². The number of unbranched alkanes of at least 4 members (excludes halogenated alkanes) is 2. The highest BCUT2D eigenvalue weighted by Crippen LogP contribution is 2.41. The third-order valence-corrected chi connectivity index (χ3v) is 13.8. The lowest BCUT2D eigenvalue weighted by Crippen LogP contribution is -2.41. The van der Waals surface area contributed by atoms with Crippen molar-refractivity contribution in [1.29, 1.82) is 0 Å². The van der Waals surface area contributed by atoms with E-state index in [1.54, 1.807) is 0 Å². The molecule has 2 atom stereocenters. The molecule has 1 aliphatic rings. The smallest absolute Gasteiger partial charge is 0.348 e. The van der Waals surface area contributed by atoms with Crippen LogP contribution in [0.2, 0.25) is 18.1 Å². The van der Waals surface area contributed by atoms with Crippen LogP contribution >= 0.6 is 11.3 Å². The van der Waals surface area contributed by atoms with Gasteiger partial charge >= 0.3 is 5.97 Å². The second-order valence-corrected chi connectivity index (χ2v) is 18.0. The minimum absolute atomic E-state index is 0.0993. The highest BCUT2D eigenvalue weighted by atomic mass is 32.1. The topological polar surface area (TPSA) is 55.8 Å². The van der Waals surface area contributed by atoms with Gasteiger partial charge in [0.15, 0.2) is 8.32 Å². The molecular weight excluding hydrogens is 510 g/mol. The molecule has 7 heteroatoms. The average Bonchev–Trinajstić information content (AvgIpc) is 3.49. The number of thiophene rings is 1. The van der Waals surface area contributed by atoms with Gasteiger partial charge < -0.3 is 14.1 Å². The zero-order valence-electron chi connectivity index (χ0n) is 24.5. The van der Waals surface area contributed by atoms with E-state index in [2.05, 4.69) is 65.1 Å². The molecule has 0 N–H and O–H groups in total. The summed E-state index contributed by atoms with van der Waals surface area (Å²) in [7, 11) is -0.501. The van der Waals surface area contributed by atoms with Gasteiger partial charge in [-0.05, 0) is 80.1 Å². The first-order valence-corrected chi connectivity index (χ1v) is 18.0. The number of ether oxygens (including phenoxy) is 1. The molecule has 0 unspecified atom stereocenters. The SMILES string of the molecule is CCCCC[C@H](O[Si](C)(C)C(C)(C)C)c1ccc(N2C(=O)CC[C@@H]2CCCc2ccc(C(=O)OC)s2)cc1. The quantitative estimate of drug-likeness (QED) is 0.140. The summed E-state index contributed by atoms with van der Waals surface area (Å²) >= 11 is 1.50. The van der Waals surface area contributed by atoms with Gasteiger partial charge in [-0.15, -0.1) is 11.3 Å². The van der Waals surface area contributed by atoms with Crippen LogP contribution in [0.5, 0.6) is 0 Å². The third-order valence-electron chi connectivity index (χ3n) is 8.19. The maximum atomic E-state index is 12.9. The van der Waals surface area contributed by atoms with Crippen molar-refractivity contribution in [2.24, 2.45) is 0 Å². The Hall–Kier alpha value is -1.96. The number of esters is 1. The van der Waals surface area contributed by atoms with Gasteiger partial charge in [-0.3, -0.25) is 4.79 Å². The Kier molecular flexibility index (Phi) is 10.8. The zero-order valence-corrected chi connectivity index (χ0v) is 26.3. The van der Waals surface area contributed by atoms with E-state index < -0.39 is 8.32 Å². The first kappa shape index (κ1) is 30.6. The standard InChI is InChI=1S/C31H47NO4SSi/c1-8-9-10-14-27(36-38(6,7)31(2,3)4)23-15-17-25(18-16-23)32-24(19-22-29(32)33)12-11-13-26-20-21-28(37-26)30(34)35-5/h15-18,20-21,24,27H,8-14,19,22H2,1-7H3/t24-,27-/m0/s1. The van der Waals surface area contributed by atoms with Crippen LogP contribution < -0.4 is 4.90 Å². The van der Waals surface area contributed by atoms with Crippen molar-refractivity contribution in [3.63, 3.8) is 0 Å². The van der Waals surface area contributed by atoms with Gasteiger partial charge in [-0.1, -0.05) is 59.1 Å². The van der Waals surface area contributed by atoms with E-state index >= 15 is 0 Å². The number of anilines is 1. The molecule has 3 rings (SSSR count). The van der Waals surface area contributed by atoms with E-state index in [-0.39, 0.29) is 29.1 Å². The molecule has 1 aromatic heterocycles. The second kappa shape index (κ2) is 13.4. The van der Waals surface area contributed by atoms with Crippen molar-refractivity contribution in [3.8, 4) is 0 Å². The summed E-state index contributed by atoms with van der Waals surface area (Å²) < 4.78 is 11.7. The average molecular weight is 558 g/mol. The van der Waals surface area contributed by atoms with Crippen LogP contribution in [0.3, 0.4) is 0 Å². The Labute approximate surface area is 235 Å². The number of hydrogen-bond donors (Lipinski definition) is 0. The fourth-order valence-electron chi connectivity index (χ4n) is 4.86. The molecule has 0 saturated carbocycles. The van der Waals surface area contributed by atoms with Crippen molar-refractivity contribution >= 4 is 37.2 Å². The number of hydrogen-bond acceptors (Lipinski definition) is 5. The molecule has 0 aliphatic carbocycles. The van der Waals surface area contributed by atoms with Crippen molar-refractivity contribution < 1.29 is 18.8 Å². The van der Waals surface area contributed by atoms with Crippen LogP contribution in [0.25, 0.3) is 0 Å². The summed E-state index contributed by atoms with van der Waals surface area (Å²) in [6.45, 7) is 13.8. The maximum Gasteiger partial charge on any atom is 0.348 e. The first-order chi connectivity index (χ1) is 18.0. The Morgan fingerprint density at radius 2 is 1.82 bits per heavy atom.